The maximum absolute atomic E-state index is 12.8. The molecule has 3 aromatic rings. The summed E-state index contributed by atoms with van der Waals surface area (Å²) in [5.74, 6) is -0.0713. The molecular weight excluding hydrogens is 428 g/mol. The third kappa shape index (κ3) is 5.32. The van der Waals surface area contributed by atoms with Crippen LogP contribution < -0.4 is 20.9 Å². The van der Waals surface area contributed by atoms with E-state index < -0.39 is 15.6 Å². The largest absolute Gasteiger partial charge is 0.478 e. The summed E-state index contributed by atoms with van der Waals surface area (Å²) in [7, 11) is -3.88. The Bertz CT molecular complexity index is 1270. The summed E-state index contributed by atoms with van der Waals surface area (Å²) < 4.78 is 29.5. The van der Waals surface area contributed by atoms with Gasteiger partial charge in [0.05, 0.1) is 4.90 Å². The van der Waals surface area contributed by atoms with Gasteiger partial charge in [0.15, 0.2) is 5.60 Å². The summed E-state index contributed by atoms with van der Waals surface area (Å²) in [5, 5.41) is 15.6. The maximum Gasteiger partial charge on any atom is 0.267 e. The molecule has 0 fully saturated rings. The van der Waals surface area contributed by atoms with E-state index in [1.165, 1.54) is 6.07 Å². The molecular formula is C23H24N4O4S. The van der Waals surface area contributed by atoms with E-state index in [1.54, 1.807) is 80.6 Å². The number of carbonyl (C=O) groups is 1. The topological polar surface area (TPSA) is 148 Å². The fourth-order valence-electron chi connectivity index (χ4n) is 3.04. The van der Waals surface area contributed by atoms with Crippen LogP contribution in [0.3, 0.4) is 0 Å². The van der Waals surface area contributed by atoms with Crippen molar-refractivity contribution in [1.29, 1.82) is 5.41 Å². The Balaban J connectivity index is 1.76. The van der Waals surface area contributed by atoms with Crippen molar-refractivity contribution in [2.75, 3.05) is 5.32 Å². The number of ether oxygens (including phenoxy) is 1. The predicted octanol–water partition coefficient (Wildman–Crippen LogP) is 3.08. The van der Waals surface area contributed by atoms with Crippen LogP contribution in [0.15, 0.2) is 77.7 Å². The van der Waals surface area contributed by atoms with E-state index in [0.717, 1.165) is 0 Å². The van der Waals surface area contributed by atoms with Crippen molar-refractivity contribution in [3.63, 3.8) is 0 Å². The van der Waals surface area contributed by atoms with E-state index in [9.17, 15) is 13.2 Å². The zero-order valence-corrected chi connectivity index (χ0v) is 18.4. The maximum atomic E-state index is 12.8. The molecule has 3 rings (SSSR count). The number of amidine groups is 1. The monoisotopic (exact) mass is 452 g/mol. The van der Waals surface area contributed by atoms with Gasteiger partial charge < -0.3 is 15.8 Å². The van der Waals surface area contributed by atoms with Gasteiger partial charge in [0, 0.05) is 16.8 Å². The Morgan fingerprint density at radius 1 is 1.00 bits per heavy atom. The molecule has 0 saturated heterocycles. The predicted molar refractivity (Wildman–Crippen MR) is 124 cm³/mol. The first-order chi connectivity index (χ1) is 15.0. The highest BCUT2D eigenvalue weighted by atomic mass is 32.2. The van der Waals surface area contributed by atoms with Crippen LogP contribution in [0.4, 0.5) is 5.69 Å². The molecule has 0 aliphatic heterocycles. The number of rotatable bonds is 7. The Hall–Kier alpha value is -3.69. The van der Waals surface area contributed by atoms with Gasteiger partial charge in [0.25, 0.3) is 5.91 Å². The zero-order valence-electron chi connectivity index (χ0n) is 17.6. The van der Waals surface area contributed by atoms with Crippen molar-refractivity contribution in [2.24, 2.45) is 10.9 Å². The zero-order chi connectivity index (χ0) is 23.5. The van der Waals surface area contributed by atoms with E-state index >= 15 is 0 Å². The lowest BCUT2D eigenvalue weighted by Crippen LogP contribution is -2.42. The summed E-state index contributed by atoms with van der Waals surface area (Å²) >= 11 is 0. The van der Waals surface area contributed by atoms with Crippen LogP contribution in [-0.2, 0) is 14.8 Å². The molecule has 0 atom stereocenters. The van der Waals surface area contributed by atoms with Crippen molar-refractivity contribution < 1.29 is 17.9 Å². The minimum absolute atomic E-state index is 0.0270. The standard InChI is InChI=1S/C23H24N4O4S/c1-23(2,31-18-7-5-6-16(14-18)21(24)25)22(28)27-17-12-10-15(11-13-17)19-8-3-4-9-20(19)32(26,29)30/h3-14H,1-2H3,(H3,24,25)(H,27,28)(H2,26,29,30). The first-order valence-electron chi connectivity index (χ1n) is 9.64. The molecule has 0 aliphatic carbocycles. The van der Waals surface area contributed by atoms with Gasteiger partial charge in [-0.25, -0.2) is 13.6 Å². The third-order valence-electron chi connectivity index (χ3n) is 4.71. The van der Waals surface area contributed by atoms with Gasteiger partial charge in [-0.2, -0.15) is 0 Å². The number of amides is 1. The van der Waals surface area contributed by atoms with E-state index in [2.05, 4.69) is 5.32 Å². The number of nitrogens with two attached hydrogens (primary N) is 2. The molecule has 0 unspecified atom stereocenters. The number of carbonyl (C=O) groups excluding carboxylic acids is 1. The first-order valence-corrected chi connectivity index (χ1v) is 11.2. The molecule has 0 spiro atoms. The quantitative estimate of drug-likeness (QED) is 0.321. The number of hydrogen-bond donors (Lipinski definition) is 4. The number of sulfonamides is 1. The van der Waals surface area contributed by atoms with Crippen LogP contribution in [0, 0.1) is 5.41 Å². The van der Waals surface area contributed by atoms with Crippen molar-refractivity contribution in [3.8, 4) is 16.9 Å². The minimum atomic E-state index is -3.88. The summed E-state index contributed by atoms with van der Waals surface area (Å²) in [4.78, 5) is 12.8. The lowest BCUT2D eigenvalue weighted by Gasteiger charge is -2.25. The summed E-state index contributed by atoms with van der Waals surface area (Å²) in [6.07, 6.45) is 0. The van der Waals surface area contributed by atoms with Gasteiger partial charge >= 0.3 is 0 Å². The number of nitrogens with one attached hydrogen (secondary N) is 2. The smallest absolute Gasteiger partial charge is 0.267 e. The van der Waals surface area contributed by atoms with Crippen LogP contribution in [0.5, 0.6) is 5.75 Å². The van der Waals surface area contributed by atoms with Gasteiger partial charge in [-0.05, 0) is 49.7 Å². The summed E-state index contributed by atoms with van der Waals surface area (Å²) in [6, 6.07) is 19.8. The molecule has 0 aliphatic rings. The van der Waals surface area contributed by atoms with Crippen molar-refractivity contribution in [2.45, 2.75) is 24.3 Å². The van der Waals surface area contributed by atoms with Crippen molar-refractivity contribution in [1.82, 2.24) is 0 Å². The second-order valence-electron chi connectivity index (χ2n) is 7.63. The first kappa shape index (κ1) is 23.0. The van der Waals surface area contributed by atoms with Gasteiger partial charge in [-0.1, -0.05) is 42.5 Å². The molecule has 8 nitrogen and oxygen atoms in total. The Morgan fingerprint density at radius 2 is 1.66 bits per heavy atom. The third-order valence-corrected chi connectivity index (χ3v) is 5.68. The molecule has 6 N–H and O–H groups in total. The Kier molecular flexibility index (Phi) is 6.33. The highest BCUT2D eigenvalue weighted by Gasteiger charge is 2.30. The highest BCUT2D eigenvalue weighted by molar-refractivity contribution is 7.89. The van der Waals surface area contributed by atoms with Crippen molar-refractivity contribution in [3.05, 3.63) is 78.4 Å². The van der Waals surface area contributed by atoms with Gasteiger partial charge in [-0.3, -0.25) is 10.2 Å². The lowest BCUT2D eigenvalue weighted by atomic mass is 10.0. The van der Waals surface area contributed by atoms with Crippen LogP contribution in [0.25, 0.3) is 11.1 Å². The number of nitrogen functional groups attached to an aromatic ring is 1. The van der Waals surface area contributed by atoms with Crippen LogP contribution in [-0.4, -0.2) is 25.8 Å². The van der Waals surface area contributed by atoms with Crippen molar-refractivity contribution >= 4 is 27.5 Å². The van der Waals surface area contributed by atoms with E-state index in [1.807, 2.05) is 0 Å². The molecule has 0 saturated carbocycles. The second-order valence-corrected chi connectivity index (χ2v) is 9.16. The number of hydrogen-bond acceptors (Lipinski definition) is 5. The second kappa shape index (κ2) is 8.81. The van der Waals surface area contributed by atoms with E-state index in [4.69, 9.17) is 21.0 Å². The summed E-state index contributed by atoms with van der Waals surface area (Å²) in [6.45, 7) is 3.25. The molecule has 166 valence electrons. The molecule has 32 heavy (non-hydrogen) atoms. The number of anilines is 1. The molecule has 1 amide bonds. The lowest BCUT2D eigenvalue weighted by molar-refractivity contribution is -0.128. The van der Waals surface area contributed by atoms with Gasteiger partial charge in [-0.15, -0.1) is 0 Å². The fourth-order valence-corrected chi connectivity index (χ4v) is 3.80. The fraction of sp³-hybridized carbons (Fsp3) is 0.130. The normalized spacial score (nSPS) is 11.6. The van der Waals surface area contributed by atoms with Crippen LogP contribution in [0.2, 0.25) is 0 Å². The SMILES string of the molecule is CC(C)(Oc1cccc(C(=N)N)c1)C(=O)Nc1ccc(-c2ccccc2S(N)(=O)=O)cc1. The average molecular weight is 453 g/mol. The molecule has 0 bridgehead atoms. The van der Waals surface area contributed by atoms with Crippen LogP contribution in [0.1, 0.15) is 19.4 Å². The minimum Gasteiger partial charge on any atom is -0.478 e. The Morgan fingerprint density at radius 3 is 2.28 bits per heavy atom. The number of benzene rings is 3. The van der Waals surface area contributed by atoms with E-state index in [-0.39, 0.29) is 16.6 Å². The molecule has 0 radical (unpaired) electrons. The van der Waals surface area contributed by atoms with Crippen LogP contribution >= 0.6 is 0 Å². The molecule has 0 heterocycles. The number of primary sulfonamides is 1. The van der Waals surface area contributed by atoms with E-state index in [0.29, 0.717) is 28.1 Å². The Labute approximate surface area is 186 Å². The highest BCUT2D eigenvalue weighted by Crippen LogP contribution is 2.28. The summed E-state index contributed by atoms with van der Waals surface area (Å²) in [5.41, 5.74) is 6.42. The molecule has 0 aromatic heterocycles. The molecule has 9 heteroatoms. The van der Waals surface area contributed by atoms with Gasteiger partial charge in [0.2, 0.25) is 10.0 Å². The molecule has 3 aromatic carbocycles. The van der Waals surface area contributed by atoms with Gasteiger partial charge in [0.1, 0.15) is 11.6 Å². The average Bonchev–Trinajstić information content (AvgIpc) is 2.73.